The molecule has 2 aromatic rings. The Kier molecular flexibility index (Phi) is 6.32. The monoisotopic (exact) mass is 373 g/mol. The van der Waals surface area contributed by atoms with Crippen LogP contribution in [0.3, 0.4) is 0 Å². The third kappa shape index (κ3) is 4.78. The second-order valence-corrected chi connectivity index (χ2v) is 7.11. The van der Waals surface area contributed by atoms with Crippen molar-refractivity contribution in [1.82, 2.24) is 14.8 Å². The van der Waals surface area contributed by atoms with Gasteiger partial charge in [-0.05, 0) is 30.5 Å². The summed E-state index contributed by atoms with van der Waals surface area (Å²) < 4.78 is 17.8. The third-order valence-corrected chi connectivity index (χ3v) is 4.24. The first-order chi connectivity index (χ1) is 13.1. The molecule has 0 unspecified atom stereocenters. The maximum Gasteiger partial charge on any atom is 0.336 e. The van der Waals surface area contributed by atoms with Crippen LogP contribution in [0.2, 0.25) is 0 Å². The molecule has 1 aliphatic heterocycles. The summed E-state index contributed by atoms with van der Waals surface area (Å²) in [5.41, 5.74) is 0.744. The van der Waals surface area contributed by atoms with E-state index >= 15 is 0 Å². The summed E-state index contributed by atoms with van der Waals surface area (Å²) in [6, 6.07) is 5.71. The summed E-state index contributed by atoms with van der Waals surface area (Å²) in [4.78, 5) is 17.2. The molecule has 146 valence electrons. The zero-order valence-corrected chi connectivity index (χ0v) is 16.2. The summed E-state index contributed by atoms with van der Waals surface area (Å²) in [5, 5.41) is 4.31. The van der Waals surface area contributed by atoms with E-state index in [4.69, 9.17) is 14.2 Å². The molecule has 1 aliphatic rings. The van der Waals surface area contributed by atoms with Crippen molar-refractivity contribution in [3.05, 3.63) is 18.2 Å². The molecule has 0 spiro atoms. The number of rotatable bonds is 9. The van der Waals surface area contributed by atoms with Crippen LogP contribution in [0, 0.1) is 5.92 Å². The number of aromatic nitrogens is 3. The first kappa shape index (κ1) is 19.2. The molecular weight excluding hydrogens is 346 g/mol. The minimum Gasteiger partial charge on any atom is -0.462 e. The smallest absolute Gasteiger partial charge is 0.336 e. The van der Waals surface area contributed by atoms with Gasteiger partial charge in [-0.3, -0.25) is 4.79 Å². The van der Waals surface area contributed by atoms with Crippen LogP contribution in [-0.4, -0.2) is 34.1 Å². The van der Waals surface area contributed by atoms with Gasteiger partial charge in [-0.25, -0.2) is 0 Å². The average molecular weight is 373 g/mol. The number of unbranched alkanes of at least 4 members (excludes halogenated alkanes) is 3. The number of ether oxygens (including phenoxy) is 3. The van der Waals surface area contributed by atoms with Gasteiger partial charge in [0, 0.05) is 12.0 Å². The van der Waals surface area contributed by atoms with Crippen LogP contribution in [0.25, 0.3) is 11.4 Å². The van der Waals surface area contributed by atoms with Crippen LogP contribution in [0.5, 0.6) is 17.5 Å². The quantitative estimate of drug-likeness (QED) is 0.609. The van der Waals surface area contributed by atoms with Gasteiger partial charge in [0.05, 0.1) is 6.61 Å². The normalized spacial score (nSPS) is 12.6. The Morgan fingerprint density at radius 3 is 2.81 bits per heavy atom. The second kappa shape index (κ2) is 8.88. The minimum absolute atomic E-state index is 0.0781. The molecule has 0 aliphatic carbocycles. The molecule has 1 aromatic heterocycles. The van der Waals surface area contributed by atoms with E-state index in [2.05, 4.69) is 30.9 Å². The van der Waals surface area contributed by atoms with Crippen molar-refractivity contribution in [2.45, 2.75) is 52.9 Å². The molecule has 0 bridgehead atoms. The molecule has 7 nitrogen and oxygen atoms in total. The minimum atomic E-state index is -0.0781. The lowest BCUT2D eigenvalue weighted by atomic mass is 10.1. The highest BCUT2D eigenvalue weighted by Gasteiger charge is 2.21. The first-order valence-electron chi connectivity index (χ1n) is 9.61. The molecular formula is C20H27N3O4. The molecule has 0 amide bonds. The predicted molar refractivity (Wildman–Crippen MR) is 101 cm³/mol. The van der Waals surface area contributed by atoms with Gasteiger partial charge in [-0.15, -0.1) is 5.10 Å². The van der Waals surface area contributed by atoms with E-state index in [1.807, 2.05) is 18.2 Å². The molecule has 1 aromatic carbocycles. The lowest BCUT2D eigenvalue weighted by Gasteiger charge is -2.05. The topological polar surface area (TPSA) is 75.5 Å². The number of hydrogen-bond acceptors (Lipinski definition) is 6. The number of fused-ring (bicyclic) bond motifs is 1. The fourth-order valence-electron chi connectivity index (χ4n) is 2.80. The maximum absolute atomic E-state index is 12.7. The van der Waals surface area contributed by atoms with Crippen molar-refractivity contribution in [3.8, 4) is 28.9 Å². The Bertz CT molecular complexity index is 786. The van der Waals surface area contributed by atoms with Crippen LogP contribution in [-0.2, 0) is 0 Å². The van der Waals surface area contributed by atoms with E-state index in [9.17, 15) is 4.79 Å². The largest absolute Gasteiger partial charge is 0.462 e. The molecule has 3 rings (SSSR count). The van der Waals surface area contributed by atoms with Gasteiger partial charge in [0.2, 0.25) is 12.7 Å². The SMILES string of the molecule is CCCCCCC(=O)n1nc(OCC(C)C)nc1-c1ccc2c(c1)OCO2. The van der Waals surface area contributed by atoms with Gasteiger partial charge < -0.3 is 14.2 Å². The molecule has 0 saturated carbocycles. The van der Waals surface area contributed by atoms with Crippen LogP contribution < -0.4 is 14.2 Å². The van der Waals surface area contributed by atoms with E-state index in [1.54, 1.807) is 0 Å². The molecule has 27 heavy (non-hydrogen) atoms. The van der Waals surface area contributed by atoms with Gasteiger partial charge in [-0.2, -0.15) is 9.67 Å². The Labute approximate surface area is 159 Å². The summed E-state index contributed by atoms with van der Waals surface area (Å²) in [5.74, 6) is 2.06. The average Bonchev–Trinajstić information content (AvgIpc) is 3.29. The van der Waals surface area contributed by atoms with Gasteiger partial charge in [-0.1, -0.05) is 40.0 Å². The lowest BCUT2D eigenvalue weighted by Crippen LogP contribution is -2.14. The molecule has 7 heteroatoms. The Balaban J connectivity index is 1.84. The standard InChI is InChI=1S/C20H27N3O4/c1-4-5-6-7-8-18(24)23-19(21-20(22-23)25-12-14(2)3)15-9-10-16-17(11-15)27-13-26-16/h9-11,14H,4-8,12-13H2,1-3H3. The van der Waals surface area contributed by atoms with Crippen LogP contribution in [0.1, 0.15) is 57.7 Å². The summed E-state index contributed by atoms with van der Waals surface area (Å²) in [7, 11) is 0. The Morgan fingerprint density at radius 2 is 2.04 bits per heavy atom. The number of nitrogens with zero attached hydrogens (tertiary/aromatic N) is 3. The van der Waals surface area contributed by atoms with Crippen LogP contribution in [0.15, 0.2) is 18.2 Å². The van der Waals surface area contributed by atoms with Gasteiger partial charge in [0.15, 0.2) is 17.3 Å². The van der Waals surface area contributed by atoms with Crippen molar-refractivity contribution in [1.29, 1.82) is 0 Å². The van der Waals surface area contributed by atoms with Crippen LogP contribution >= 0.6 is 0 Å². The van der Waals surface area contributed by atoms with E-state index in [1.165, 1.54) is 4.68 Å². The van der Waals surface area contributed by atoms with Crippen molar-refractivity contribution in [3.63, 3.8) is 0 Å². The molecule has 0 atom stereocenters. The highest BCUT2D eigenvalue weighted by atomic mass is 16.7. The summed E-state index contributed by atoms with van der Waals surface area (Å²) >= 11 is 0. The number of hydrogen-bond donors (Lipinski definition) is 0. The molecule has 0 fully saturated rings. The van der Waals surface area contributed by atoms with Gasteiger partial charge in [0.1, 0.15) is 0 Å². The summed E-state index contributed by atoms with van der Waals surface area (Å²) in [6.07, 6.45) is 4.57. The number of carbonyl (C=O) groups is 1. The summed E-state index contributed by atoms with van der Waals surface area (Å²) in [6.45, 7) is 6.94. The Morgan fingerprint density at radius 1 is 1.22 bits per heavy atom. The maximum atomic E-state index is 12.7. The second-order valence-electron chi connectivity index (χ2n) is 7.11. The fourth-order valence-corrected chi connectivity index (χ4v) is 2.80. The van der Waals surface area contributed by atoms with E-state index in [0.717, 1.165) is 31.2 Å². The molecule has 0 radical (unpaired) electrons. The van der Waals surface area contributed by atoms with E-state index in [0.29, 0.717) is 36.3 Å². The molecule has 0 N–H and O–H groups in total. The fraction of sp³-hybridized carbons (Fsp3) is 0.550. The number of benzene rings is 1. The predicted octanol–water partition coefficient (Wildman–Crippen LogP) is 4.32. The molecule has 0 saturated heterocycles. The van der Waals surface area contributed by atoms with Crippen molar-refractivity contribution >= 4 is 5.91 Å². The van der Waals surface area contributed by atoms with Crippen molar-refractivity contribution in [2.75, 3.05) is 13.4 Å². The zero-order chi connectivity index (χ0) is 19.2. The van der Waals surface area contributed by atoms with E-state index < -0.39 is 0 Å². The molecule has 2 heterocycles. The van der Waals surface area contributed by atoms with Gasteiger partial charge in [0.25, 0.3) is 0 Å². The third-order valence-electron chi connectivity index (χ3n) is 4.24. The van der Waals surface area contributed by atoms with Crippen molar-refractivity contribution in [2.24, 2.45) is 5.92 Å². The van der Waals surface area contributed by atoms with Crippen LogP contribution in [0.4, 0.5) is 0 Å². The van der Waals surface area contributed by atoms with Crippen molar-refractivity contribution < 1.29 is 19.0 Å². The first-order valence-corrected chi connectivity index (χ1v) is 9.61. The highest BCUT2D eigenvalue weighted by molar-refractivity contribution is 5.82. The Hall–Kier alpha value is -2.57. The van der Waals surface area contributed by atoms with E-state index in [-0.39, 0.29) is 18.7 Å². The van der Waals surface area contributed by atoms with Gasteiger partial charge >= 0.3 is 6.01 Å². The zero-order valence-electron chi connectivity index (χ0n) is 16.2. The lowest BCUT2D eigenvalue weighted by molar-refractivity contribution is 0.0882. The number of carbonyl (C=O) groups excluding carboxylic acids is 1. The highest BCUT2D eigenvalue weighted by Crippen LogP contribution is 2.35.